The summed E-state index contributed by atoms with van der Waals surface area (Å²) in [4.78, 5) is 35.7. The average Bonchev–Trinajstić information content (AvgIpc) is 2.89. The van der Waals surface area contributed by atoms with Crippen molar-refractivity contribution < 1.29 is 24.2 Å². The van der Waals surface area contributed by atoms with E-state index in [1.807, 2.05) is 24.3 Å². The molecular weight excluding hydrogens is 550 g/mol. The zero-order chi connectivity index (χ0) is 21.1. The molecule has 0 aliphatic carbocycles. The molecule has 2 aromatic rings. The number of carbonyl (C=O) groups excluding carboxylic acids is 2. The molecule has 0 radical (unpaired) electrons. The van der Waals surface area contributed by atoms with E-state index in [1.165, 1.54) is 6.08 Å². The van der Waals surface area contributed by atoms with E-state index in [0.717, 1.165) is 10.0 Å². The van der Waals surface area contributed by atoms with E-state index in [0.29, 0.717) is 44.1 Å². The van der Waals surface area contributed by atoms with Crippen LogP contribution in [0.5, 0.6) is 5.75 Å². The molecule has 0 unspecified atom stereocenters. The number of carboxylic acid groups (broad SMARTS) is 1. The van der Waals surface area contributed by atoms with Gasteiger partial charge in [0.2, 0.25) is 0 Å². The number of thioether (sulfide) groups is 1. The molecule has 2 aromatic carbocycles. The summed E-state index contributed by atoms with van der Waals surface area (Å²) >= 11 is 13.8. The van der Waals surface area contributed by atoms with Gasteiger partial charge in [-0.25, -0.2) is 0 Å². The maximum absolute atomic E-state index is 12.3. The Hall–Kier alpha value is -1.81. The van der Waals surface area contributed by atoms with Crippen molar-refractivity contribution >= 4 is 78.4 Å². The molecule has 0 spiro atoms. The third-order valence-corrected chi connectivity index (χ3v) is 6.09. The van der Waals surface area contributed by atoms with Crippen LogP contribution in [0.2, 0.25) is 5.02 Å². The van der Waals surface area contributed by atoms with Gasteiger partial charge in [-0.2, -0.15) is 0 Å². The van der Waals surface area contributed by atoms with Crippen LogP contribution in [0.3, 0.4) is 0 Å². The highest BCUT2D eigenvalue weighted by Gasteiger charge is 2.36. The zero-order valence-corrected chi connectivity index (χ0v) is 19.3. The van der Waals surface area contributed by atoms with Crippen molar-refractivity contribution in [2.24, 2.45) is 0 Å². The summed E-state index contributed by atoms with van der Waals surface area (Å²) in [5.74, 6) is -1.46. The van der Waals surface area contributed by atoms with Crippen LogP contribution in [0.25, 0.3) is 6.08 Å². The van der Waals surface area contributed by atoms with Crippen LogP contribution < -0.4 is 4.74 Å². The highest BCUT2D eigenvalue weighted by atomic mass is 79.9. The Morgan fingerprint density at radius 2 is 1.90 bits per heavy atom. The fraction of sp³-hybridized carbons (Fsp3) is 0.105. The third-order valence-electron chi connectivity index (χ3n) is 3.78. The summed E-state index contributed by atoms with van der Waals surface area (Å²) in [6.45, 7) is -0.353. The Labute approximate surface area is 192 Å². The van der Waals surface area contributed by atoms with Crippen LogP contribution >= 0.6 is 55.2 Å². The third kappa shape index (κ3) is 5.42. The average molecular weight is 562 g/mol. The van der Waals surface area contributed by atoms with Crippen molar-refractivity contribution in [3.8, 4) is 5.75 Å². The SMILES string of the molecule is O=C(O)CN1C(=O)S/C(=C/c2cc(Cl)c(OCc3ccc(Br)cc3)c(Br)c2)C1=O. The maximum atomic E-state index is 12.3. The summed E-state index contributed by atoms with van der Waals surface area (Å²) in [7, 11) is 0. The lowest BCUT2D eigenvalue weighted by atomic mass is 10.2. The highest BCUT2D eigenvalue weighted by Crippen LogP contribution is 2.38. The van der Waals surface area contributed by atoms with E-state index >= 15 is 0 Å². The number of hydrogen-bond donors (Lipinski definition) is 1. The largest absolute Gasteiger partial charge is 0.486 e. The van der Waals surface area contributed by atoms with E-state index in [4.69, 9.17) is 21.4 Å². The van der Waals surface area contributed by atoms with Crippen molar-refractivity contribution in [1.29, 1.82) is 0 Å². The van der Waals surface area contributed by atoms with Crippen LogP contribution in [0.15, 0.2) is 50.2 Å². The number of benzene rings is 2. The van der Waals surface area contributed by atoms with Gasteiger partial charge in [0.1, 0.15) is 13.2 Å². The van der Waals surface area contributed by atoms with Gasteiger partial charge >= 0.3 is 5.97 Å². The molecule has 10 heteroatoms. The summed E-state index contributed by atoms with van der Waals surface area (Å²) in [6.07, 6.45) is 1.49. The van der Waals surface area contributed by atoms with Gasteiger partial charge in [0.05, 0.1) is 14.4 Å². The van der Waals surface area contributed by atoms with Gasteiger partial charge in [0.25, 0.3) is 11.1 Å². The van der Waals surface area contributed by atoms with E-state index in [2.05, 4.69) is 31.9 Å². The van der Waals surface area contributed by atoms with Gasteiger partial charge in [-0.05, 0) is 69.2 Å². The monoisotopic (exact) mass is 559 g/mol. The molecule has 1 saturated heterocycles. The number of amides is 2. The summed E-state index contributed by atoms with van der Waals surface area (Å²) < 4.78 is 7.35. The lowest BCUT2D eigenvalue weighted by Gasteiger charge is -2.11. The van der Waals surface area contributed by atoms with Gasteiger partial charge in [0.15, 0.2) is 5.75 Å². The lowest BCUT2D eigenvalue weighted by Crippen LogP contribution is -2.33. The van der Waals surface area contributed by atoms with Gasteiger partial charge in [-0.1, -0.05) is 39.7 Å². The molecule has 0 aromatic heterocycles. The number of carboxylic acids is 1. The number of hydrogen-bond acceptors (Lipinski definition) is 5. The number of aliphatic carboxylic acids is 1. The molecule has 1 aliphatic rings. The van der Waals surface area contributed by atoms with Crippen molar-refractivity contribution in [3.63, 3.8) is 0 Å². The molecule has 0 bridgehead atoms. The first-order valence-corrected chi connectivity index (χ1v) is 10.9. The molecule has 6 nitrogen and oxygen atoms in total. The standard InChI is InChI=1S/C19H12Br2ClNO5S/c20-12-3-1-10(2-4-12)9-28-17-13(21)5-11(6-14(17)22)7-15-18(26)23(8-16(24)25)19(27)29-15/h1-7H,8-9H2,(H,24,25)/b15-7+. The van der Waals surface area contributed by atoms with Gasteiger partial charge in [-0.15, -0.1) is 0 Å². The molecule has 3 rings (SSSR count). The van der Waals surface area contributed by atoms with E-state index < -0.39 is 23.7 Å². The van der Waals surface area contributed by atoms with Crippen molar-refractivity contribution in [2.75, 3.05) is 6.54 Å². The normalized spacial score (nSPS) is 15.3. The van der Waals surface area contributed by atoms with Crippen molar-refractivity contribution in [2.45, 2.75) is 6.61 Å². The summed E-state index contributed by atoms with van der Waals surface area (Å²) in [6, 6.07) is 11.0. The first-order valence-electron chi connectivity index (χ1n) is 8.08. The Morgan fingerprint density at radius 3 is 2.52 bits per heavy atom. The number of rotatable bonds is 6. The lowest BCUT2D eigenvalue weighted by molar-refractivity contribution is -0.140. The predicted molar refractivity (Wildman–Crippen MR) is 118 cm³/mol. The summed E-state index contributed by atoms with van der Waals surface area (Å²) in [5, 5.41) is 8.52. The minimum atomic E-state index is -1.26. The Kier molecular flexibility index (Phi) is 7.05. The number of nitrogens with zero attached hydrogens (tertiary/aromatic N) is 1. The zero-order valence-electron chi connectivity index (χ0n) is 14.5. The Morgan fingerprint density at radius 1 is 1.21 bits per heavy atom. The smallest absolute Gasteiger partial charge is 0.323 e. The number of imide groups is 1. The molecule has 2 amide bonds. The first-order chi connectivity index (χ1) is 13.7. The van der Waals surface area contributed by atoms with E-state index in [1.54, 1.807) is 12.1 Å². The number of ether oxygens (including phenoxy) is 1. The molecule has 1 aliphatic heterocycles. The second kappa shape index (κ2) is 9.34. The Bertz CT molecular complexity index is 1000. The van der Waals surface area contributed by atoms with Gasteiger partial charge in [0, 0.05) is 4.47 Å². The van der Waals surface area contributed by atoms with Crippen LogP contribution in [-0.2, 0) is 16.2 Å². The fourth-order valence-electron chi connectivity index (χ4n) is 2.46. The van der Waals surface area contributed by atoms with E-state index in [-0.39, 0.29) is 4.91 Å². The Balaban J connectivity index is 1.77. The topological polar surface area (TPSA) is 83.9 Å². The maximum Gasteiger partial charge on any atom is 0.323 e. The van der Waals surface area contributed by atoms with Crippen LogP contribution in [0.1, 0.15) is 11.1 Å². The van der Waals surface area contributed by atoms with Gasteiger partial charge < -0.3 is 9.84 Å². The predicted octanol–water partition coefficient (Wildman–Crippen LogP) is 5.56. The molecule has 0 saturated carbocycles. The minimum absolute atomic E-state index is 0.128. The van der Waals surface area contributed by atoms with E-state index in [9.17, 15) is 14.4 Å². The molecule has 0 atom stereocenters. The summed E-state index contributed by atoms with van der Waals surface area (Å²) in [5.41, 5.74) is 1.53. The van der Waals surface area contributed by atoms with Crippen molar-refractivity contribution in [1.82, 2.24) is 4.90 Å². The van der Waals surface area contributed by atoms with Crippen LogP contribution in [-0.4, -0.2) is 33.7 Å². The minimum Gasteiger partial charge on any atom is -0.486 e. The molecular formula is C19H12Br2ClNO5S. The fourth-order valence-corrected chi connectivity index (χ4v) is 4.55. The van der Waals surface area contributed by atoms with Gasteiger partial charge in [-0.3, -0.25) is 19.3 Å². The van der Waals surface area contributed by atoms with Crippen molar-refractivity contribution in [3.05, 3.63) is 66.4 Å². The molecule has 29 heavy (non-hydrogen) atoms. The molecule has 1 fully saturated rings. The molecule has 1 heterocycles. The van der Waals surface area contributed by atoms with Crippen LogP contribution in [0.4, 0.5) is 4.79 Å². The first kappa shape index (κ1) is 21.9. The second-order valence-electron chi connectivity index (χ2n) is 5.89. The molecule has 1 N–H and O–H groups in total. The molecule has 150 valence electrons. The van der Waals surface area contributed by atoms with Crippen LogP contribution in [0, 0.1) is 0 Å². The number of halogens is 3. The number of carbonyl (C=O) groups is 3. The second-order valence-corrected chi connectivity index (χ2v) is 9.06. The quantitative estimate of drug-likeness (QED) is 0.465. The highest BCUT2D eigenvalue weighted by molar-refractivity contribution is 9.10.